The van der Waals surface area contributed by atoms with E-state index in [1.807, 2.05) is 11.8 Å². The summed E-state index contributed by atoms with van der Waals surface area (Å²) in [5.41, 5.74) is 5.44. The first kappa shape index (κ1) is 12.7. The topological polar surface area (TPSA) is 77.0 Å². The van der Waals surface area contributed by atoms with Crippen molar-refractivity contribution >= 4 is 17.8 Å². The molecule has 6 heteroatoms. The molecule has 0 radical (unpaired) electrons. The van der Waals surface area contributed by atoms with Gasteiger partial charge in [0.25, 0.3) is 0 Å². The highest BCUT2D eigenvalue weighted by Crippen LogP contribution is 2.31. The molecule has 0 aromatic carbocycles. The van der Waals surface area contributed by atoms with Gasteiger partial charge in [-0.2, -0.15) is 11.8 Å². The van der Waals surface area contributed by atoms with Crippen LogP contribution in [0.3, 0.4) is 0 Å². The van der Waals surface area contributed by atoms with E-state index in [-0.39, 0.29) is 0 Å². The second-order valence-electron chi connectivity index (χ2n) is 4.22. The Bertz CT molecular complexity index is 344. The van der Waals surface area contributed by atoms with E-state index in [9.17, 15) is 0 Å². The molecule has 2 rings (SSSR count). The van der Waals surface area contributed by atoms with E-state index in [1.165, 1.54) is 19.3 Å². The van der Waals surface area contributed by atoms with Gasteiger partial charge in [-0.1, -0.05) is 18.4 Å². The highest BCUT2D eigenvalue weighted by atomic mass is 32.2. The van der Waals surface area contributed by atoms with Crippen molar-refractivity contribution < 1.29 is 4.42 Å². The van der Waals surface area contributed by atoms with E-state index in [0.717, 1.165) is 5.75 Å². The van der Waals surface area contributed by atoms with E-state index in [2.05, 4.69) is 22.4 Å². The summed E-state index contributed by atoms with van der Waals surface area (Å²) in [6.07, 6.45) is 4.39. The van der Waals surface area contributed by atoms with Crippen LogP contribution in [0, 0.1) is 0 Å². The zero-order valence-electron chi connectivity index (χ0n) is 10.2. The minimum atomic E-state index is 0.464. The minimum Gasteiger partial charge on any atom is -0.408 e. The maximum absolute atomic E-state index is 5.49. The van der Waals surface area contributed by atoms with Gasteiger partial charge in [-0.15, -0.1) is 5.10 Å². The maximum atomic E-state index is 5.49. The maximum Gasteiger partial charge on any atom is 0.315 e. The lowest BCUT2D eigenvalue weighted by Crippen LogP contribution is -2.26. The normalized spacial score (nSPS) is 24.1. The van der Waals surface area contributed by atoms with Gasteiger partial charge < -0.3 is 15.5 Å². The molecule has 0 bridgehead atoms. The number of anilines is 1. The van der Waals surface area contributed by atoms with Crippen LogP contribution in [0.15, 0.2) is 4.42 Å². The van der Waals surface area contributed by atoms with Crippen molar-refractivity contribution in [2.75, 3.05) is 17.6 Å². The molecule has 1 aromatic rings. The Kier molecular flexibility index (Phi) is 4.67. The molecule has 2 atom stereocenters. The molecule has 1 aliphatic carbocycles. The molecule has 0 saturated heterocycles. The van der Waals surface area contributed by atoms with E-state index in [0.29, 0.717) is 36.2 Å². The Morgan fingerprint density at radius 2 is 2.35 bits per heavy atom. The fourth-order valence-electron chi connectivity index (χ4n) is 2.20. The van der Waals surface area contributed by atoms with Gasteiger partial charge in [-0.25, -0.2) is 0 Å². The van der Waals surface area contributed by atoms with Gasteiger partial charge in [0.1, 0.15) is 0 Å². The van der Waals surface area contributed by atoms with Gasteiger partial charge in [0, 0.05) is 24.3 Å². The molecule has 1 aromatic heterocycles. The number of hydrogen-bond donors (Lipinski definition) is 2. The molecule has 17 heavy (non-hydrogen) atoms. The first-order valence-corrected chi connectivity index (χ1v) is 7.29. The molecule has 0 amide bonds. The van der Waals surface area contributed by atoms with Crippen molar-refractivity contribution in [1.29, 1.82) is 0 Å². The highest BCUT2D eigenvalue weighted by Gasteiger charge is 2.28. The average Bonchev–Trinajstić information content (AvgIpc) is 2.91. The Labute approximate surface area is 106 Å². The van der Waals surface area contributed by atoms with Crippen LogP contribution in [0.25, 0.3) is 0 Å². The van der Waals surface area contributed by atoms with Gasteiger partial charge in [0.2, 0.25) is 5.89 Å². The van der Waals surface area contributed by atoms with E-state index in [1.54, 1.807) is 0 Å². The quantitative estimate of drug-likeness (QED) is 0.806. The van der Waals surface area contributed by atoms with Crippen LogP contribution in [0.5, 0.6) is 0 Å². The van der Waals surface area contributed by atoms with Gasteiger partial charge in [0.15, 0.2) is 0 Å². The van der Waals surface area contributed by atoms with E-state index in [4.69, 9.17) is 10.2 Å². The summed E-state index contributed by atoms with van der Waals surface area (Å²) in [5.74, 6) is 1.78. The number of hydrogen-bond acceptors (Lipinski definition) is 6. The summed E-state index contributed by atoms with van der Waals surface area (Å²) in [7, 11) is 0. The second-order valence-corrected chi connectivity index (χ2v) is 5.73. The van der Waals surface area contributed by atoms with Crippen LogP contribution in [0.2, 0.25) is 0 Å². The predicted molar refractivity (Wildman–Crippen MR) is 70.2 cm³/mol. The first-order valence-electron chi connectivity index (χ1n) is 6.24. The van der Waals surface area contributed by atoms with Gasteiger partial charge >= 0.3 is 6.01 Å². The largest absolute Gasteiger partial charge is 0.408 e. The molecule has 0 spiro atoms. The number of rotatable bonds is 6. The standard InChI is InChI=1S/C11H20N4OS/c1-2-17-9-5-3-4-8(9)13-11-15-14-10(16-11)6-7-12/h8-9H,2-7,12H2,1H3,(H,13,15). The van der Waals surface area contributed by atoms with E-state index < -0.39 is 0 Å². The molecular formula is C11H20N4OS. The Morgan fingerprint density at radius 1 is 1.47 bits per heavy atom. The van der Waals surface area contributed by atoms with Crippen LogP contribution >= 0.6 is 11.8 Å². The molecule has 1 fully saturated rings. The van der Waals surface area contributed by atoms with Crippen molar-refractivity contribution in [2.24, 2.45) is 5.73 Å². The molecule has 1 saturated carbocycles. The number of nitrogens with two attached hydrogens (primary N) is 1. The zero-order chi connectivity index (χ0) is 12.1. The summed E-state index contributed by atoms with van der Waals surface area (Å²) in [4.78, 5) is 0. The number of aromatic nitrogens is 2. The molecule has 5 nitrogen and oxygen atoms in total. The van der Waals surface area contributed by atoms with Gasteiger partial charge in [-0.05, 0) is 18.6 Å². The monoisotopic (exact) mass is 256 g/mol. The van der Waals surface area contributed by atoms with Crippen molar-refractivity contribution in [3.8, 4) is 0 Å². The average molecular weight is 256 g/mol. The van der Waals surface area contributed by atoms with Crippen LogP contribution in [-0.2, 0) is 6.42 Å². The number of nitrogens with zero attached hydrogens (tertiary/aromatic N) is 2. The smallest absolute Gasteiger partial charge is 0.315 e. The van der Waals surface area contributed by atoms with E-state index >= 15 is 0 Å². The third-order valence-electron chi connectivity index (χ3n) is 2.97. The third-order valence-corrected chi connectivity index (χ3v) is 4.29. The Balaban J connectivity index is 1.90. The lowest BCUT2D eigenvalue weighted by Gasteiger charge is -2.18. The SMILES string of the molecule is CCSC1CCCC1Nc1nnc(CCN)o1. The van der Waals surface area contributed by atoms with Crippen molar-refractivity contribution in [2.45, 2.75) is 43.9 Å². The molecular weight excluding hydrogens is 236 g/mol. The summed E-state index contributed by atoms with van der Waals surface area (Å²) in [6.45, 7) is 2.74. The van der Waals surface area contributed by atoms with Crippen LogP contribution in [0.4, 0.5) is 6.01 Å². The van der Waals surface area contributed by atoms with Crippen LogP contribution < -0.4 is 11.1 Å². The second kappa shape index (κ2) is 6.26. The van der Waals surface area contributed by atoms with Gasteiger partial charge in [-0.3, -0.25) is 0 Å². The molecule has 96 valence electrons. The van der Waals surface area contributed by atoms with Crippen LogP contribution in [-0.4, -0.2) is 33.8 Å². The zero-order valence-corrected chi connectivity index (χ0v) is 11.0. The Morgan fingerprint density at radius 3 is 3.12 bits per heavy atom. The molecule has 0 aliphatic heterocycles. The third kappa shape index (κ3) is 3.35. The fraction of sp³-hybridized carbons (Fsp3) is 0.818. The summed E-state index contributed by atoms with van der Waals surface area (Å²) >= 11 is 2.01. The molecule has 2 unspecified atom stereocenters. The summed E-state index contributed by atoms with van der Waals surface area (Å²) in [6, 6.07) is 1.01. The first-order chi connectivity index (χ1) is 8.33. The minimum absolute atomic E-state index is 0.464. The lowest BCUT2D eigenvalue weighted by atomic mass is 10.2. The number of thioether (sulfide) groups is 1. The Hall–Kier alpha value is -0.750. The predicted octanol–water partition coefficient (Wildman–Crippen LogP) is 1.66. The van der Waals surface area contributed by atoms with Gasteiger partial charge in [0.05, 0.1) is 0 Å². The number of nitrogens with one attached hydrogen (secondary N) is 1. The van der Waals surface area contributed by atoms with Crippen LogP contribution in [0.1, 0.15) is 32.1 Å². The van der Waals surface area contributed by atoms with Crippen molar-refractivity contribution in [3.63, 3.8) is 0 Å². The summed E-state index contributed by atoms with van der Waals surface area (Å²) < 4.78 is 5.49. The summed E-state index contributed by atoms with van der Waals surface area (Å²) in [5, 5.41) is 12.0. The van der Waals surface area contributed by atoms with Crippen molar-refractivity contribution in [1.82, 2.24) is 10.2 Å². The molecule has 1 aliphatic rings. The lowest BCUT2D eigenvalue weighted by molar-refractivity contribution is 0.499. The van der Waals surface area contributed by atoms with Crippen molar-refractivity contribution in [3.05, 3.63) is 5.89 Å². The molecule has 1 heterocycles. The fourth-order valence-corrected chi connectivity index (χ4v) is 3.40. The highest BCUT2D eigenvalue weighted by molar-refractivity contribution is 7.99. The molecule has 3 N–H and O–H groups in total.